The van der Waals surface area contributed by atoms with E-state index in [4.69, 9.17) is 37.9 Å². The lowest BCUT2D eigenvalue weighted by Crippen LogP contribution is -2.36. The highest BCUT2D eigenvalue weighted by Gasteiger charge is 2.51. The fourth-order valence-corrected chi connectivity index (χ4v) is 3.85. The van der Waals surface area contributed by atoms with Crippen molar-refractivity contribution >= 4 is 23.9 Å². The van der Waals surface area contributed by atoms with Gasteiger partial charge in [-0.1, -0.05) is 13.2 Å². The van der Waals surface area contributed by atoms with E-state index in [1.165, 1.54) is 48.5 Å². The molecular formula is C28H26O12. The van der Waals surface area contributed by atoms with Crippen LogP contribution in [-0.2, 0) is 38.0 Å². The molecule has 0 radical (unpaired) electrons. The number of ether oxygens (including phenoxy) is 8. The minimum atomic E-state index is -0.693. The monoisotopic (exact) mass is 554 g/mol. The Morgan fingerprint density at radius 2 is 1.05 bits per heavy atom. The third kappa shape index (κ3) is 7.24. The van der Waals surface area contributed by atoms with Crippen LogP contribution in [0, 0.1) is 0 Å². The van der Waals surface area contributed by atoms with Gasteiger partial charge < -0.3 is 37.9 Å². The van der Waals surface area contributed by atoms with Crippen LogP contribution in [0.3, 0.4) is 0 Å². The first kappa shape index (κ1) is 28.3. The van der Waals surface area contributed by atoms with E-state index in [9.17, 15) is 19.2 Å². The van der Waals surface area contributed by atoms with Crippen molar-refractivity contribution in [3.63, 3.8) is 0 Å². The number of carbonyl (C=O) groups excluding carboxylic acids is 4. The fourth-order valence-electron chi connectivity index (χ4n) is 3.85. The van der Waals surface area contributed by atoms with Crippen molar-refractivity contribution in [3.8, 4) is 11.5 Å². The molecule has 0 aliphatic carbocycles. The number of rotatable bonds is 12. The first-order valence-electron chi connectivity index (χ1n) is 12.1. The van der Waals surface area contributed by atoms with Crippen LogP contribution >= 0.6 is 0 Å². The summed E-state index contributed by atoms with van der Waals surface area (Å²) in [7, 11) is 0. The maximum absolute atomic E-state index is 12.7. The van der Waals surface area contributed by atoms with E-state index in [2.05, 4.69) is 13.2 Å². The van der Waals surface area contributed by atoms with E-state index < -0.39 is 48.3 Å². The van der Waals surface area contributed by atoms with Crippen molar-refractivity contribution in [3.05, 3.63) is 85.0 Å². The standard InChI is InChI=1S/C28H26O12/c1-3-23(29)37-15-35-19-9-5-17(6-10-19)27(31)39-21-13-33-26-22(14-34-25(21)26)40-28(32)18-7-11-20(12-8-18)36-16-38-24(30)4-2/h3-12,21-22,25-26H,1-2,13-16H2/t21-,22+,25-,26-/m1/s1. The van der Waals surface area contributed by atoms with Gasteiger partial charge in [0.2, 0.25) is 13.6 Å². The predicted molar refractivity (Wildman–Crippen MR) is 134 cm³/mol. The van der Waals surface area contributed by atoms with Gasteiger partial charge in [-0.15, -0.1) is 0 Å². The van der Waals surface area contributed by atoms with E-state index in [0.29, 0.717) is 11.5 Å². The van der Waals surface area contributed by atoms with E-state index in [0.717, 1.165) is 12.2 Å². The molecule has 2 fully saturated rings. The molecule has 0 spiro atoms. The van der Waals surface area contributed by atoms with Crippen molar-refractivity contribution in [2.45, 2.75) is 24.4 Å². The van der Waals surface area contributed by atoms with Gasteiger partial charge in [0.25, 0.3) is 0 Å². The van der Waals surface area contributed by atoms with Crippen molar-refractivity contribution < 1.29 is 57.1 Å². The molecule has 2 saturated heterocycles. The summed E-state index contributed by atoms with van der Waals surface area (Å²) >= 11 is 0. The molecule has 0 N–H and O–H groups in total. The molecule has 4 atom stereocenters. The second-order valence-electron chi connectivity index (χ2n) is 8.39. The normalized spacial score (nSPS) is 20.9. The summed E-state index contributed by atoms with van der Waals surface area (Å²) < 4.78 is 42.6. The minimum absolute atomic E-state index is 0.0768. The van der Waals surface area contributed by atoms with Crippen molar-refractivity contribution in [2.24, 2.45) is 0 Å². The van der Waals surface area contributed by atoms with Gasteiger partial charge in [-0.25, -0.2) is 19.2 Å². The molecule has 4 rings (SSSR count). The fraction of sp³-hybridized carbons (Fsp3) is 0.286. The third-order valence-electron chi connectivity index (χ3n) is 5.85. The Morgan fingerprint density at radius 1 is 0.675 bits per heavy atom. The Bertz CT molecular complexity index is 1140. The molecule has 210 valence electrons. The SMILES string of the molecule is C=CC(=O)OCOc1ccc(C(=O)O[C@H]2CO[C@H]3[C@@H]2OC[C@H]3OC(=O)c2ccc(OCOC(=O)C=C)cc2)cc1. The van der Waals surface area contributed by atoms with Crippen LogP contribution in [0.25, 0.3) is 0 Å². The Hall–Kier alpha value is -4.68. The predicted octanol–water partition coefficient (Wildman–Crippen LogP) is 2.37. The summed E-state index contributed by atoms with van der Waals surface area (Å²) in [5.74, 6) is -1.64. The molecule has 12 heteroatoms. The van der Waals surface area contributed by atoms with Crippen LogP contribution in [0.1, 0.15) is 20.7 Å². The summed E-state index contributed by atoms with van der Waals surface area (Å²) in [5, 5.41) is 0. The first-order chi connectivity index (χ1) is 19.4. The molecule has 12 nitrogen and oxygen atoms in total. The highest BCUT2D eigenvalue weighted by atomic mass is 16.7. The molecule has 2 aliphatic heterocycles. The van der Waals surface area contributed by atoms with Crippen molar-refractivity contribution in [2.75, 3.05) is 26.8 Å². The van der Waals surface area contributed by atoms with Crippen LogP contribution in [0.5, 0.6) is 11.5 Å². The van der Waals surface area contributed by atoms with Gasteiger partial charge in [0, 0.05) is 12.2 Å². The molecule has 0 saturated carbocycles. The maximum Gasteiger partial charge on any atom is 0.338 e. The van der Waals surface area contributed by atoms with Gasteiger partial charge in [0.05, 0.1) is 24.3 Å². The smallest absolute Gasteiger partial charge is 0.338 e. The minimum Gasteiger partial charge on any atom is -0.457 e. The number of hydrogen-bond acceptors (Lipinski definition) is 12. The van der Waals surface area contributed by atoms with E-state index >= 15 is 0 Å². The van der Waals surface area contributed by atoms with Crippen LogP contribution in [0.15, 0.2) is 73.8 Å². The number of esters is 4. The molecule has 2 aromatic carbocycles. The second kappa shape index (κ2) is 13.4. The largest absolute Gasteiger partial charge is 0.457 e. The zero-order valence-electron chi connectivity index (χ0n) is 21.2. The quantitative estimate of drug-likeness (QED) is 0.164. The average Bonchev–Trinajstić information content (AvgIpc) is 3.56. The van der Waals surface area contributed by atoms with Crippen molar-refractivity contribution in [1.82, 2.24) is 0 Å². The molecular weight excluding hydrogens is 528 g/mol. The van der Waals surface area contributed by atoms with Crippen molar-refractivity contribution in [1.29, 1.82) is 0 Å². The molecule has 0 aromatic heterocycles. The molecule has 2 heterocycles. The number of hydrogen-bond donors (Lipinski definition) is 0. The van der Waals surface area contributed by atoms with E-state index in [1.807, 2.05) is 0 Å². The molecule has 2 aliphatic rings. The van der Waals surface area contributed by atoms with Gasteiger partial charge in [0.15, 0.2) is 12.2 Å². The van der Waals surface area contributed by atoms with Gasteiger partial charge in [-0.2, -0.15) is 0 Å². The molecule has 2 aromatic rings. The van der Waals surface area contributed by atoms with E-state index in [-0.39, 0.29) is 37.9 Å². The van der Waals surface area contributed by atoms with Gasteiger partial charge in [0.1, 0.15) is 23.7 Å². The maximum atomic E-state index is 12.7. The Morgan fingerprint density at radius 3 is 1.40 bits per heavy atom. The Labute approximate surface area is 228 Å². The molecule has 40 heavy (non-hydrogen) atoms. The van der Waals surface area contributed by atoms with Gasteiger partial charge in [-0.05, 0) is 48.5 Å². The molecule has 0 bridgehead atoms. The topological polar surface area (TPSA) is 142 Å². The highest BCUT2D eigenvalue weighted by Crippen LogP contribution is 2.31. The second-order valence-corrected chi connectivity index (χ2v) is 8.39. The number of carbonyl (C=O) groups is 4. The van der Waals surface area contributed by atoms with E-state index in [1.54, 1.807) is 0 Å². The number of fused-ring (bicyclic) bond motifs is 1. The zero-order valence-corrected chi connectivity index (χ0v) is 21.2. The molecule has 0 unspecified atom stereocenters. The van der Waals surface area contributed by atoms with Gasteiger partial charge in [-0.3, -0.25) is 0 Å². The van der Waals surface area contributed by atoms with Gasteiger partial charge >= 0.3 is 23.9 Å². The summed E-state index contributed by atoms with van der Waals surface area (Å²) in [6.45, 7) is 6.13. The summed E-state index contributed by atoms with van der Waals surface area (Å²) in [6, 6.07) is 12.1. The first-order valence-corrected chi connectivity index (χ1v) is 12.1. The lowest BCUT2D eigenvalue weighted by atomic mass is 10.1. The van der Waals surface area contributed by atoms with Crippen LogP contribution in [-0.4, -0.2) is 75.1 Å². The lowest BCUT2D eigenvalue weighted by Gasteiger charge is -2.17. The summed E-state index contributed by atoms with van der Waals surface area (Å²) in [4.78, 5) is 47.4. The van der Waals surface area contributed by atoms with Crippen LogP contribution < -0.4 is 9.47 Å². The molecule has 0 amide bonds. The average molecular weight is 555 g/mol. The Kier molecular flexibility index (Phi) is 9.49. The summed E-state index contributed by atoms with van der Waals surface area (Å²) in [6.07, 6.45) is -0.546. The lowest BCUT2D eigenvalue weighted by molar-refractivity contribution is -0.145. The highest BCUT2D eigenvalue weighted by molar-refractivity contribution is 5.90. The zero-order chi connectivity index (χ0) is 28.5. The van der Waals surface area contributed by atoms with Crippen LogP contribution in [0.4, 0.5) is 0 Å². The third-order valence-corrected chi connectivity index (χ3v) is 5.85. The van der Waals surface area contributed by atoms with Crippen LogP contribution in [0.2, 0.25) is 0 Å². The Balaban J connectivity index is 1.23. The number of benzene rings is 2. The summed E-state index contributed by atoms with van der Waals surface area (Å²) in [5.41, 5.74) is 0.539.